The van der Waals surface area contributed by atoms with Gasteiger partial charge in [0, 0.05) is 19.6 Å². The summed E-state index contributed by atoms with van der Waals surface area (Å²) in [4.78, 5) is 16.9. The van der Waals surface area contributed by atoms with Crippen LogP contribution in [0.15, 0.2) is 24.3 Å². The van der Waals surface area contributed by atoms with Crippen LogP contribution in [0.5, 0.6) is 0 Å². The number of aryl methyl sites for hydroxylation is 1. The Morgan fingerprint density at radius 3 is 3.10 bits per heavy atom. The Labute approximate surface area is 117 Å². The van der Waals surface area contributed by atoms with E-state index in [1.54, 1.807) is 0 Å². The molecule has 1 aromatic heterocycles. The van der Waals surface area contributed by atoms with E-state index < -0.39 is 0 Å². The lowest BCUT2D eigenvalue weighted by atomic mass is 10.1. The molecule has 3 rings (SSSR count). The van der Waals surface area contributed by atoms with E-state index in [0.29, 0.717) is 19.6 Å². The molecule has 0 saturated carbocycles. The van der Waals surface area contributed by atoms with Crippen LogP contribution in [0.25, 0.3) is 11.0 Å². The zero-order valence-electron chi connectivity index (χ0n) is 11.6. The van der Waals surface area contributed by atoms with Gasteiger partial charge < -0.3 is 14.6 Å². The molecule has 1 fully saturated rings. The molecule has 0 bridgehead atoms. The first-order chi connectivity index (χ1) is 9.79. The van der Waals surface area contributed by atoms with E-state index in [0.717, 1.165) is 29.9 Å². The van der Waals surface area contributed by atoms with Gasteiger partial charge in [-0.15, -0.1) is 0 Å². The number of hydrogen-bond acceptors (Lipinski definition) is 4. The molecule has 1 aliphatic rings. The maximum Gasteiger partial charge on any atom is 0.170 e. The quantitative estimate of drug-likeness (QED) is 0.908. The summed E-state index contributed by atoms with van der Waals surface area (Å²) in [6, 6.07) is 7.98. The van der Waals surface area contributed by atoms with Crippen molar-refractivity contribution in [2.24, 2.45) is 0 Å². The van der Waals surface area contributed by atoms with Crippen LogP contribution in [0.2, 0.25) is 0 Å². The van der Waals surface area contributed by atoms with E-state index in [-0.39, 0.29) is 11.9 Å². The van der Waals surface area contributed by atoms with Gasteiger partial charge in [0.15, 0.2) is 5.78 Å². The molecule has 1 atom stereocenters. The molecule has 2 heterocycles. The third kappa shape index (κ3) is 2.46. The lowest BCUT2D eigenvalue weighted by Crippen LogP contribution is -2.43. The third-order valence-corrected chi connectivity index (χ3v) is 3.67. The lowest BCUT2D eigenvalue weighted by molar-refractivity contribution is -0.131. The fourth-order valence-corrected chi connectivity index (χ4v) is 2.66. The number of aromatic nitrogens is 2. The normalized spacial score (nSPS) is 19.4. The Morgan fingerprint density at radius 2 is 2.35 bits per heavy atom. The highest BCUT2D eigenvalue weighted by Gasteiger charge is 2.23. The molecule has 2 aromatic rings. The summed E-state index contributed by atoms with van der Waals surface area (Å²) in [6.45, 7) is 4.90. The lowest BCUT2D eigenvalue weighted by Gasteiger charge is -2.22. The van der Waals surface area contributed by atoms with Crippen molar-refractivity contribution in [3.8, 4) is 0 Å². The molecule has 5 heteroatoms. The molecule has 20 heavy (non-hydrogen) atoms. The van der Waals surface area contributed by atoms with Crippen LogP contribution in [-0.4, -0.2) is 41.1 Å². The predicted molar refractivity (Wildman–Crippen MR) is 76.7 cm³/mol. The van der Waals surface area contributed by atoms with Crippen molar-refractivity contribution in [3.63, 3.8) is 0 Å². The molecular formula is C15H19N3O2. The zero-order valence-corrected chi connectivity index (χ0v) is 11.6. The van der Waals surface area contributed by atoms with Crippen LogP contribution in [-0.2, 0) is 22.5 Å². The Hall–Kier alpha value is -1.72. The number of rotatable bonds is 4. The summed E-state index contributed by atoms with van der Waals surface area (Å²) in [5, 5.41) is 3.18. The minimum Gasteiger partial charge on any atom is -0.368 e. The average molecular weight is 273 g/mol. The van der Waals surface area contributed by atoms with Gasteiger partial charge in [0.25, 0.3) is 0 Å². The van der Waals surface area contributed by atoms with Gasteiger partial charge >= 0.3 is 0 Å². The second kappa shape index (κ2) is 5.73. The SMILES string of the molecule is CCn1c(CC(=O)C2CNCCO2)nc2ccccc21. The molecule has 1 aliphatic heterocycles. The Kier molecular flexibility index (Phi) is 3.80. The Balaban J connectivity index is 1.84. The predicted octanol–water partition coefficient (Wildman–Crippen LogP) is 1.16. The number of benzene rings is 1. The molecule has 106 valence electrons. The first kappa shape index (κ1) is 13.3. The van der Waals surface area contributed by atoms with Gasteiger partial charge in [0.05, 0.1) is 24.1 Å². The molecular weight excluding hydrogens is 254 g/mol. The maximum atomic E-state index is 12.3. The topological polar surface area (TPSA) is 56.2 Å². The van der Waals surface area contributed by atoms with Crippen molar-refractivity contribution in [1.29, 1.82) is 0 Å². The monoisotopic (exact) mass is 273 g/mol. The molecule has 1 saturated heterocycles. The number of nitrogens with zero attached hydrogens (tertiary/aromatic N) is 2. The van der Waals surface area contributed by atoms with Gasteiger partial charge in [0.1, 0.15) is 11.9 Å². The molecule has 1 aromatic carbocycles. The van der Waals surface area contributed by atoms with Gasteiger partial charge in [-0.3, -0.25) is 4.79 Å². The second-order valence-electron chi connectivity index (χ2n) is 4.97. The van der Waals surface area contributed by atoms with Crippen LogP contribution >= 0.6 is 0 Å². The van der Waals surface area contributed by atoms with Crippen molar-refractivity contribution in [2.75, 3.05) is 19.7 Å². The van der Waals surface area contributed by atoms with Crippen LogP contribution in [0.4, 0.5) is 0 Å². The third-order valence-electron chi connectivity index (χ3n) is 3.67. The molecule has 0 aliphatic carbocycles. The summed E-state index contributed by atoms with van der Waals surface area (Å²) < 4.78 is 7.61. The molecule has 0 amide bonds. The average Bonchev–Trinajstić information content (AvgIpc) is 2.85. The van der Waals surface area contributed by atoms with E-state index in [1.165, 1.54) is 0 Å². The first-order valence-electron chi connectivity index (χ1n) is 7.08. The number of imidazole rings is 1. The van der Waals surface area contributed by atoms with Crippen LogP contribution in [0, 0.1) is 0 Å². The fourth-order valence-electron chi connectivity index (χ4n) is 2.66. The largest absolute Gasteiger partial charge is 0.368 e. The van der Waals surface area contributed by atoms with Gasteiger partial charge in [-0.2, -0.15) is 0 Å². The van der Waals surface area contributed by atoms with Crippen LogP contribution in [0.3, 0.4) is 0 Å². The van der Waals surface area contributed by atoms with Crippen molar-refractivity contribution >= 4 is 16.8 Å². The van der Waals surface area contributed by atoms with Crippen molar-refractivity contribution in [3.05, 3.63) is 30.1 Å². The molecule has 0 radical (unpaired) electrons. The van der Waals surface area contributed by atoms with Crippen LogP contribution < -0.4 is 5.32 Å². The summed E-state index contributed by atoms with van der Waals surface area (Å²) in [6.07, 6.45) is -0.0108. The standard InChI is InChI=1S/C15H19N3O2/c1-2-18-12-6-4-3-5-11(12)17-15(18)9-13(19)14-10-16-7-8-20-14/h3-6,14,16H,2,7-10H2,1H3. The highest BCUT2D eigenvalue weighted by molar-refractivity contribution is 5.86. The van der Waals surface area contributed by atoms with E-state index in [4.69, 9.17) is 4.74 Å². The van der Waals surface area contributed by atoms with E-state index in [2.05, 4.69) is 21.8 Å². The summed E-state index contributed by atoms with van der Waals surface area (Å²) in [5.74, 6) is 0.926. The highest BCUT2D eigenvalue weighted by atomic mass is 16.5. The van der Waals surface area contributed by atoms with Crippen molar-refractivity contribution < 1.29 is 9.53 Å². The van der Waals surface area contributed by atoms with Crippen LogP contribution in [0.1, 0.15) is 12.7 Å². The van der Waals surface area contributed by atoms with Gasteiger partial charge in [-0.25, -0.2) is 4.98 Å². The van der Waals surface area contributed by atoms with Gasteiger partial charge in [-0.1, -0.05) is 12.1 Å². The Bertz CT molecular complexity index is 615. The minimum absolute atomic E-state index is 0.0993. The fraction of sp³-hybridized carbons (Fsp3) is 0.467. The number of hydrogen-bond donors (Lipinski definition) is 1. The summed E-state index contributed by atoms with van der Waals surface area (Å²) >= 11 is 0. The van der Waals surface area contributed by atoms with Gasteiger partial charge in [0.2, 0.25) is 0 Å². The minimum atomic E-state index is -0.339. The number of Topliss-reactive ketones (excluding diaryl/α,β-unsaturated/α-hetero) is 1. The number of nitrogens with one attached hydrogen (secondary N) is 1. The number of carbonyl (C=O) groups excluding carboxylic acids is 1. The number of morpholine rings is 1. The molecule has 1 unspecified atom stereocenters. The van der Waals surface area contributed by atoms with E-state index in [9.17, 15) is 4.79 Å². The maximum absolute atomic E-state index is 12.3. The zero-order chi connectivity index (χ0) is 13.9. The second-order valence-corrected chi connectivity index (χ2v) is 4.97. The first-order valence-corrected chi connectivity index (χ1v) is 7.08. The number of fused-ring (bicyclic) bond motifs is 1. The van der Waals surface area contributed by atoms with E-state index >= 15 is 0 Å². The molecule has 5 nitrogen and oxygen atoms in total. The summed E-state index contributed by atoms with van der Waals surface area (Å²) in [7, 11) is 0. The van der Waals surface area contributed by atoms with Gasteiger partial charge in [-0.05, 0) is 19.1 Å². The Morgan fingerprint density at radius 1 is 1.50 bits per heavy atom. The number of ether oxygens (including phenoxy) is 1. The van der Waals surface area contributed by atoms with E-state index in [1.807, 2.05) is 24.3 Å². The van der Waals surface area contributed by atoms with Crippen molar-refractivity contribution in [1.82, 2.24) is 14.9 Å². The highest BCUT2D eigenvalue weighted by Crippen LogP contribution is 2.17. The summed E-state index contributed by atoms with van der Waals surface area (Å²) in [5.41, 5.74) is 2.03. The number of carbonyl (C=O) groups is 1. The smallest absolute Gasteiger partial charge is 0.170 e. The number of ketones is 1. The number of para-hydroxylation sites is 2. The van der Waals surface area contributed by atoms with Crippen molar-refractivity contribution in [2.45, 2.75) is 26.0 Å². The molecule has 0 spiro atoms. The molecule has 1 N–H and O–H groups in total.